The van der Waals surface area contributed by atoms with Crippen LogP contribution in [0.2, 0.25) is 0 Å². The van der Waals surface area contributed by atoms with Gasteiger partial charge in [0.2, 0.25) is 0 Å². The molecule has 4 atom stereocenters. The van der Waals surface area contributed by atoms with E-state index < -0.39 is 24.9 Å². The molecule has 0 aromatic rings. The molecule has 0 heterocycles. The van der Waals surface area contributed by atoms with E-state index >= 15 is 0 Å². The second kappa shape index (κ2) is 11.5. The molecule has 19 heavy (non-hydrogen) atoms. The molecule has 0 rings (SSSR count). The van der Waals surface area contributed by atoms with Crippen molar-refractivity contribution in [1.29, 1.82) is 0 Å². The quantitative estimate of drug-likeness (QED) is 0.421. The number of hydrogen-bond acceptors (Lipinski definition) is 7. The van der Waals surface area contributed by atoms with Crippen LogP contribution in [-0.4, -0.2) is 72.4 Å². The number of aliphatic hydroxyl groups is 4. The van der Waals surface area contributed by atoms with Gasteiger partial charge < -0.3 is 20.4 Å². The number of hydrogen-bond donors (Lipinski definition) is 4. The molecule has 0 unspecified atom stereocenters. The van der Waals surface area contributed by atoms with Crippen LogP contribution in [0.15, 0.2) is 0 Å². The highest BCUT2D eigenvalue weighted by Gasteiger charge is 2.36. The normalized spacial score (nSPS) is 18.3. The van der Waals surface area contributed by atoms with Crippen molar-refractivity contribution in [3.63, 3.8) is 0 Å². The maximum Gasteiger partial charge on any atom is 0.109 e. The average Bonchev–Trinajstić information content (AvgIpc) is 2.42. The molecule has 0 saturated carbocycles. The summed E-state index contributed by atoms with van der Waals surface area (Å²) in [4.78, 5) is 0. The zero-order valence-corrected chi connectivity index (χ0v) is 14.2. The second-order valence-corrected chi connectivity index (χ2v) is 8.52. The van der Waals surface area contributed by atoms with Crippen LogP contribution >= 0.6 is 35.3 Å². The lowest BCUT2D eigenvalue weighted by atomic mass is 10.1. The third-order valence-electron chi connectivity index (χ3n) is 2.56. The molecule has 0 aromatic heterocycles. The van der Waals surface area contributed by atoms with Gasteiger partial charge in [-0.1, -0.05) is 20.8 Å². The Morgan fingerprint density at radius 1 is 0.789 bits per heavy atom. The van der Waals surface area contributed by atoms with Gasteiger partial charge in [0.1, 0.15) is 12.2 Å². The molecule has 4 nitrogen and oxygen atoms in total. The van der Waals surface area contributed by atoms with Crippen molar-refractivity contribution in [1.82, 2.24) is 0 Å². The monoisotopic (exact) mass is 330 g/mol. The maximum absolute atomic E-state index is 10.3. The minimum absolute atomic E-state index is 0.162. The molecule has 0 bridgehead atoms. The summed E-state index contributed by atoms with van der Waals surface area (Å²) in [6, 6.07) is 0. The minimum atomic E-state index is -1.31. The highest BCUT2D eigenvalue weighted by Crippen LogP contribution is 2.36. The Bertz CT molecular complexity index is 215. The molecule has 0 aliphatic heterocycles. The average molecular weight is 331 g/mol. The van der Waals surface area contributed by atoms with E-state index in [2.05, 4.69) is 13.8 Å². The Morgan fingerprint density at radius 2 is 1.26 bits per heavy atom. The van der Waals surface area contributed by atoms with Crippen molar-refractivity contribution in [3.8, 4) is 0 Å². The molecule has 0 amide bonds. The van der Waals surface area contributed by atoms with E-state index in [4.69, 9.17) is 5.11 Å². The Kier molecular flexibility index (Phi) is 12.1. The SMILES string of the molecule is CCSC(SCC)[C@@H](SCC)[C@H](O)[C@H](O)[C@H](O)CO. The third-order valence-corrected chi connectivity index (χ3v) is 6.90. The van der Waals surface area contributed by atoms with E-state index in [1.807, 2.05) is 6.92 Å². The van der Waals surface area contributed by atoms with Crippen molar-refractivity contribution in [2.75, 3.05) is 23.9 Å². The highest BCUT2D eigenvalue weighted by atomic mass is 32.2. The molecule has 0 fully saturated rings. The molecule has 4 N–H and O–H groups in total. The van der Waals surface area contributed by atoms with Crippen LogP contribution in [0.25, 0.3) is 0 Å². The van der Waals surface area contributed by atoms with Crippen molar-refractivity contribution in [2.45, 2.75) is 48.9 Å². The van der Waals surface area contributed by atoms with E-state index in [1.165, 1.54) is 0 Å². The summed E-state index contributed by atoms with van der Waals surface area (Å²) in [5.41, 5.74) is 0. The molecule has 116 valence electrons. The Morgan fingerprint density at radius 3 is 1.63 bits per heavy atom. The maximum atomic E-state index is 10.3. The minimum Gasteiger partial charge on any atom is -0.394 e. The van der Waals surface area contributed by atoms with E-state index in [0.29, 0.717) is 0 Å². The van der Waals surface area contributed by atoms with Crippen molar-refractivity contribution in [3.05, 3.63) is 0 Å². The van der Waals surface area contributed by atoms with Gasteiger partial charge in [0.05, 0.1) is 22.5 Å². The lowest BCUT2D eigenvalue weighted by molar-refractivity contribution is -0.0750. The molecule has 0 aliphatic rings. The Balaban J connectivity index is 4.82. The lowest BCUT2D eigenvalue weighted by Gasteiger charge is -2.33. The van der Waals surface area contributed by atoms with E-state index in [9.17, 15) is 15.3 Å². The standard InChI is InChI=1S/C12H26O4S3/c1-4-17-11(12(18-5-2)19-6-3)10(16)9(15)8(14)7-13/h8-16H,4-7H2,1-3H3/t8-,9-,10-,11+/m1/s1. The van der Waals surface area contributed by atoms with E-state index in [1.54, 1.807) is 35.3 Å². The molecular formula is C12H26O4S3. The first-order valence-electron chi connectivity index (χ1n) is 6.53. The summed E-state index contributed by atoms with van der Waals surface area (Å²) < 4.78 is 0.162. The molecule has 0 saturated heterocycles. The molecule has 0 aromatic carbocycles. The predicted octanol–water partition coefficient (Wildman–Crippen LogP) is 1.02. The molecule has 7 heteroatoms. The van der Waals surface area contributed by atoms with E-state index in [-0.39, 0.29) is 9.83 Å². The fourth-order valence-electron chi connectivity index (χ4n) is 1.63. The first kappa shape index (κ1) is 19.9. The van der Waals surface area contributed by atoms with Crippen LogP contribution in [0.3, 0.4) is 0 Å². The number of thioether (sulfide) groups is 3. The van der Waals surface area contributed by atoms with Gasteiger partial charge in [-0.3, -0.25) is 0 Å². The summed E-state index contributed by atoms with van der Waals surface area (Å²) in [6.45, 7) is 5.58. The van der Waals surface area contributed by atoms with Gasteiger partial charge in [0, 0.05) is 0 Å². The fourth-order valence-corrected chi connectivity index (χ4v) is 6.03. The Labute approximate surface area is 128 Å². The van der Waals surface area contributed by atoms with Crippen LogP contribution in [0.4, 0.5) is 0 Å². The second-order valence-electron chi connectivity index (χ2n) is 3.93. The zero-order chi connectivity index (χ0) is 14.8. The van der Waals surface area contributed by atoms with Crippen LogP contribution in [-0.2, 0) is 0 Å². The summed E-state index contributed by atoms with van der Waals surface area (Å²) in [5.74, 6) is 2.70. The van der Waals surface area contributed by atoms with E-state index in [0.717, 1.165) is 17.3 Å². The largest absolute Gasteiger partial charge is 0.394 e. The first-order valence-corrected chi connectivity index (χ1v) is 9.67. The van der Waals surface area contributed by atoms with Crippen molar-refractivity contribution in [2.24, 2.45) is 0 Å². The van der Waals surface area contributed by atoms with Gasteiger partial charge >= 0.3 is 0 Å². The van der Waals surface area contributed by atoms with Crippen LogP contribution in [0.1, 0.15) is 20.8 Å². The predicted molar refractivity (Wildman–Crippen MR) is 87.1 cm³/mol. The van der Waals surface area contributed by atoms with Gasteiger partial charge in [-0.2, -0.15) is 11.8 Å². The van der Waals surface area contributed by atoms with Crippen LogP contribution in [0.5, 0.6) is 0 Å². The number of rotatable bonds is 11. The third kappa shape index (κ3) is 6.93. The van der Waals surface area contributed by atoms with Crippen LogP contribution < -0.4 is 0 Å². The molecule has 0 radical (unpaired) electrons. The van der Waals surface area contributed by atoms with Crippen LogP contribution in [0, 0.1) is 0 Å². The molecule has 0 aliphatic carbocycles. The van der Waals surface area contributed by atoms with Gasteiger partial charge in [-0.15, -0.1) is 23.5 Å². The Hall–Kier alpha value is 0.890. The first-order chi connectivity index (χ1) is 9.03. The van der Waals surface area contributed by atoms with Crippen molar-refractivity contribution >= 4 is 35.3 Å². The zero-order valence-electron chi connectivity index (χ0n) is 11.7. The van der Waals surface area contributed by atoms with Gasteiger partial charge in [0.15, 0.2) is 0 Å². The van der Waals surface area contributed by atoms with Gasteiger partial charge in [0.25, 0.3) is 0 Å². The number of aliphatic hydroxyl groups excluding tert-OH is 4. The molecular weight excluding hydrogens is 304 g/mol. The summed E-state index contributed by atoms with van der Waals surface area (Å²) in [5, 5.41) is 38.3. The topological polar surface area (TPSA) is 80.9 Å². The fraction of sp³-hybridized carbons (Fsp3) is 1.00. The smallest absolute Gasteiger partial charge is 0.109 e. The van der Waals surface area contributed by atoms with Crippen molar-refractivity contribution < 1.29 is 20.4 Å². The summed E-state index contributed by atoms with van der Waals surface area (Å²) in [6.07, 6.45) is -3.66. The highest BCUT2D eigenvalue weighted by molar-refractivity contribution is 8.18. The summed E-state index contributed by atoms with van der Waals surface area (Å²) in [7, 11) is 0. The molecule has 0 spiro atoms. The lowest BCUT2D eigenvalue weighted by Crippen LogP contribution is -2.47. The summed E-state index contributed by atoms with van der Waals surface area (Å²) >= 11 is 5.07. The van der Waals surface area contributed by atoms with Gasteiger partial charge in [-0.25, -0.2) is 0 Å². The van der Waals surface area contributed by atoms with Gasteiger partial charge in [-0.05, 0) is 17.3 Å².